The number of rotatable bonds is 7. The van der Waals surface area contributed by atoms with E-state index in [1.807, 2.05) is 24.3 Å². The van der Waals surface area contributed by atoms with Crippen LogP contribution in [0.15, 0.2) is 72.3 Å². The molecule has 0 fully saturated rings. The summed E-state index contributed by atoms with van der Waals surface area (Å²) in [5, 5.41) is 3.06. The molecule has 1 amide bonds. The van der Waals surface area contributed by atoms with Crippen LogP contribution >= 0.6 is 0 Å². The Morgan fingerprint density at radius 2 is 1.74 bits per heavy atom. The molecule has 0 saturated carbocycles. The number of anilines is 1. The van der Waals surface area contributed by atoms with E-state index in [2.05, 4.69) is 86.6 Å². The highest BCUT2D eigenvalue weighted by atomic mass is 16.5. The van der Waals surface area contributed by atoms with Gasteiger partial charge in [0.15, 0.2) is 0 Å². The van der Waals surface area contributed by atoms with Gasteiger partial charge in [-0.25, -0.2) is 0 Å². The van der Waals surface area contributed by atoms with E-state index in [1.165, 1.54) is 11.1 Å². The van der Waals surface area contributed by atoms with Gasteiger partial charge in [0.2, 0.25) is 0 Å². The van der Waals surface area contributed by atoms with Gasteiger partial charge in [-0.2, -0.15) is 0 Å². The molecule has 1 unspecified atom stereocenters. The molecule has 0 bridgehead atoms. The van der Waals surface area contributed by atoms with Crippen molar-refractivity contribution in [2.24, 2.45) is 0 Å². The van der Waals surface area contributed by atoms with E-state index in [-0.39, 0.29) is 5.91 Å². The largest absolute Gasteiger partial charge is 0.493 e. The quantitative estimate of drug-likeness (QED) is 0.432. The van der Waals surface area contributed by atoms with Gasteiger partial charge in [-0.05, 0) is 74.3 Å². The Morgan fingerprint density at radius 3 is 2.44 bits per heavy atom. The summed E-state index contributed by atoms with van der Waals surface area (Å²) < 4.78 is 5.93. The van der Waals surface area contributed by atoms with Gasteiger partial charge in [0.25, 0.3) is 5.91 Å². The SMILES string of the molecule is CCC(C)N(C)Cc1ccc(NC(=O)C2=Cc3cc(-c4ccc(C)cc4)ccc3OCC2)cc1. The molecule has 0 aliphatic carbocycles. The van der Waals surface area contributed by atoms with Gasteiger partial charge in [0.1, 0.15) is 5.75 Å². The molecule has 1 aliphatic heterocycles. The lowest BCUT2D eigenvalue weighted by Crippen LogP contribution is -2.27. The monoisotopic (exact) mass is 454 g/mol. The fourth-order valence-electron chi connectivity index (χ4n) is 4.09. The number of nitrogens with one attached hydrogen (secondary N) is 1. The van der Waals surface area contributed by atoms with Crippen molar-refractivity contribution in [3.63, 3.8) is 0 Å². The molecule has 0 saturated heterocycles. The van der Waals surface area contributed by atoms with Crippen molar-refractivity contribution < 1.29 is 9.53 Å². The molecular formula is C30H34N2O2. The van der Waals surface area contributed by atoms with Crippen LogP contribution in [0.25, 0.3) is 17.2 Å². The van der Waals surface area contributed by atoms with Crippen LogP contribution in [0.2, 0.25) is 0 Å². The van der Waals surface area contributed by atoms with Crippen molar-refractivity contribution in [2.45, 2.75) is 46.2 Å². The fourth-order valence-corrected chi connectivity index (χ4v) is 4.09. The molecule has 34 heavy (non-hydrogen) atoms. The Kier molecular flexibility index (Phi) is 7.49. The van der Waals surface area contributed by atoms with Gasteiger partial charge in [-0.15, -0.1) is 0 Å². The highest BCUT2D eigenvalue weighted by Gasteiger charge is 2.17. The van der Waals surface area contributed by atoms with Crippen LogP contribution in [0, 0.1) is 6.92 Å². The lowest BCUT2D eigenvalue weighted by molar-refractivity contribution is -0.113. The highest BCUT2D eigenvalue weighted by molar-refractivity contribution is 6.07. The number of amides is 1. The second kappa shape index (κ2) is 10.7. The average Bonchev–Trinajstić information content (AvgIpc) is 3.07. The van der Waals surface area contributed by atoms with Gasteiger partial charge in [-0.1, -0.05) is 55.0 Å². The maximum absolute atomic E-state index is 13.1. The van der Waals surface area contributed by atoms with Gasteiger partial charge in [0.05, 0.1) is 6.61 Å². The molecule has 1 heterocycles. The number of benzene rings is 3. The van der Waals surface area contributed by atoms with E-state index in [4.69, 9.17) is 4.74 Å². The molecule has 1 aliphatic rings. The molecule has 0 spiro atoms. The summed E-state index contributed by atoms with van der Waals surface area (Å²) in [5.41, 5.74) is 7.19. The Labute approximate surface area is 203 Å². The first-order chi connectivity index (χ1) is 16.4. The van der Waals surface area contributed by atoms with E-state index in [0.29, 0.717) is 19.1 Å². The third-order valence-corrected chi connectivity index (χ3v) is 6.63. The molecule has 1 atom stereocenters. The number of ether oxygens (including phenoxy) is 1. The van der Waals surface area contributed by atoms with Crippen molar-refractivity contribution in [2.75, 3.05) is 19.0 Å². The maximum Gasteiger partial charge on any atom is 0.251 e. The van der Waals surface area contributed by atoms with Crippen LogP contribution < -0.4 is 10.1 Å². The zero-order valence-corrected chi connectivity index (χ0v) is 20.6. The predicted molar refractivity (Wildman–Crippen MR) is 141 cm³/mol. The molecule has 4 heteroatoms. The van der Waals surface area contributed by atoms with Crippen molar-refractivity contribution >= 4 is 17.7 Å². The first-order valence-corrected chi connectivity index (χ1v) is 12.1. The number of nitrogens with zero attached hydrogens (tertiary/aromatic N) is 1. The molecule has 1 N–H and O–H groups in total. The summed E-state index contributed by atoms with van der Waals surface area (Å²) in [6.45, 7) is 7.90. The topological polar surface area (TPSA) is 41.6 Å². The first-order valence-electron chi connectivity index (χ1n) is 12.1. The smallest absolute Gasteiger partial charge is 0.251 e. The summed E-state index contributed by atoms with van der Waals surface area (Å²) in [4.78, 5) is 15.4. The van der Waals surface area contributed by atoms with Crippen LogP contribution in [0.5, 0.6) is 5.75 Å². The first kappa shape index (κ1) is 23.8. The molecule has 4 nitrogen and oxygen atoms in total. The molecule has 176 valence electrons. The molecular weight excluding hydrogens is 420 g/mol. The standard InChI is InChI=1S/C30H34N2O2/c1-5-22(3)32(4)20-23-8-13-28(14-9-23)31-30(33)26-16-17-34-29-15-12-25(18-27(29)19-26)24-10-6-21(2)7-11-24/h6-15,18-19,22H,5,16-17,20H2,1-4H3,(H,31,33). The van der Waals surface area contributed by atoms with Gasteiger partial charge in [0, 0.05) is 35.8 Å². The molecule has 0 aromatic heterocycles. The summed E-state index contributed by atoms with van der Waals surface area (Å²) in [7, 11) is 2.15. The Hall–Kier alpha value is -3.37. The number of aryl methyl sites for hydroxylation is 1. The Balaban J connectivity index is 1.48. The van der Waals surface area contributed by atoms with Gasteiger partial charge < -0.3 is 10.1 Å². The molecule has 3 aromatic rings. The van der Waals surface area contributed by atoms with E-state index >= 15 is 0 Å². The van der Waals surface area contributed by atoms with Crippen LogP contribution in [0.1, 0.15) is 43.4 Å². The second-order valence-electron chi connectivity index (χ2n) is 9.21. The van der Waals surface area contributed by atoms with Gasteiger partial charge in [-0.3, -0.25) is 9.69 Å². The number of carbonyl (C=O) groups excluding carboxylic acids is 1. The minimum Gasteiger partial charge on any atom is -0.493 e. The number of carbonyl (C=O) groups is 1. The third kappa shape index (κ3) is 5.75. The highest BCUT2D eigenvalue weighted by Crippen LogP contribution is 2.31. The number of hydrogen-bond donors (Lipinski definition) is 1. The summed E-state index contributed by atoms with van der Waals surface area (Å²) >= 11 is 0. The Bertz CT molecular complexity index is 1160. The van der Waals surface area contributed by atoms with Crippen LogP contribution in [-0.2, 0) is 11.3 Å². The Morgan fingerprint density at radius 1 is 1.03 bits per heavy atom. The molecule has 3 aromatic carbocycles. The second-order valence-corrected chi connectivity index (χ2v) is 9.21. The average molecular weight is 455 g/mol. The lowest BCUT2D eigenvalue weighted by Gasteiger charge is -2.23. The minimum atomic E-state index is -0.0818. The van der Waals surface area contributed by atoms with Crippen molar-refractivity contribution in [1.82, 2.24) is 4.90 Å². The summed E-state index contributed by atoms with van der Waals surface area (Å²) in [6.07, 6.45) is 3.65. The zero-order chi connectivity index (χ0) is 24.1. The zero-order valence-electron chi connectivity index (χ0n) is 20.6. The summed E-state index contributed by atoms with van der Waals surface area (Å²) in [5.74, 6) is 0.732. The predicted octanol–water partition coefficient (Wildman–Crippen LogP) is 6.70. The van der Waals surface area contributed by atoms with Crippen molar-refractivity contribution in [3.05, 3.63) is 89.0 Å². The number of hydrogen-bond acceptors (Lipinski definition) is 3. The van der Waals surface area contributed by atoms with Gasteiger partial charge >= 0.3 is 0 Å². The van der Waals surface area contributed by atoms with Crippen molar-refractivity contribution in [1.29, 1.82) is 0 Å². The minimum absolute atomic E-state index is 0.0818. The number of fused-ring (bicyclic) bond motifs is 1. The normalized spacial score (nSPS) is 14.0. The van der Waals surface area contributed by atoms with E-state index in [9.17, 15) is 4.79 Å². The van der Waals surface area contributed by atoms with Crippen molar-refractivity contribution in [3.8, 4) is 16.9 Å². The van der Waals surface area contributed by atoms with E-state index in [0.717, 1.165) is 46.7 Å². The van der Waals surface area contributed by atoms with Crippen LogP contribution in [-0.4, -0.2) is 30.5 Å². The fraction of sp³-hybridized carbons (Fsp3) is 0.300. The summed E-state index contributed by atoms with van der Waals surface area (Å²) in [6, 6.07) is 23.3. The lowest BCUT2D eigenvalue weighted by atomic mass is 10.00. The van der Waals surface area contributed by atoms with Crippen LogP contribution in [0.4, 0.5) is 5.69 Å². The maximum atomic E-state index is 13.1. The van der Waals surface area contributed by atoms with Crippen LogP contribution in [0.3, 0.4) is 0 Å². The van der Waals surface area contributed by atoms with E-state index < -0.39 is 0 Å². The molecule has 0 radical (unpaired) electrons. The third-order valence-electron chi connectivity index (χ3n) is 6.63. The molecule has 4 rings (SSSR count). The van der Waals surface area contributed by atoms with E-state index in [1.54, 1.807) is 0 Å².